The molecule has 0 spiro atoms. The van der Waals surface area contributed by atoms with Gasteiger partial charge in [-0.25, -0.2) is 8.42 Å². The molecule has 3 rings (SSSR count). The molecule has 7 heteroatoms. The Kier molecular flexibility index (Phi) is 5.27. The van der Waals surface area contributed by atoms with Crippen LogP contribution in [0.15, 0.2) is 42.6 Å². The summed E-state index contributed by atoms with van der Waals surface area (Å²) in [5.41, 5.74) is 2.31. The summed E-state index contributed by atoms with van der Waals surface area (Å²) in [5.74, 6) is 0.778. The maximum atomic E-state index is 12.6. The smallest absolute Gasteiger partial charge is 0.255 e. The Labute approximate surface area is 153 Å². The summed E-state index contributed by atoms with van der Waals surface area (Å²) in [6, 6.07) is 11.0. The van der Waals surface area contributed by atoms with Gasteiger partial charge < -0.3 is 9.64 Å². The van der Waals surface area contributed by atoms with Crippen LogP contribution < -0.4 is 4.74 Å². The minimum atomic E-state index is -3.03. The number of methoxy groups -OCH3 is 1. The SMILES string of the molecule is COc1ccccc1Cc1ccc(C(=O)N(C)C2CCS(=O)(=O)C2)cn1. The largest absolute Gasteiger partial charge is 0.496 e. The number of aromatic nitrogens is 1. The van der Waals surface area contributed by atoms with Gasteiger partial charge in [-0.15, -0.1) is 0 Å². The Hall–Kier alpha value is -2.41. The Morgan fingerprint density at radius 1 is 1.27 bits per heavy atom. The number of benzene rings is 1. The van der Waals surface area contributed by atoms with E-state index in [1.165, 1.54) is 4.90 Å². The molecule has 0 N–H and O–H groups in total. The van der Waals surface area contributed by atoms with E-state index in [2.05, 4.69) is 4.98 Å². The molecule has 0 saturated carbocycles. The number of carbonyl (C=O) groups is 1. The molecule has 2 heterocycles. The van der Waals surface area contributed by atoms with Gasteiger partial charge in [-0.3, -0.25) is 9.78 Å². The molecule has 1 aromatic heterocycles. The zero-order valence-corrected chi connectivity index (χ0v) is 15.7. The highest BCUT2D eigenvalue weighted by molar-refractivity contribution is 7.91. The van der Waals surface area contributed by atoms with Crippen LogP contribution in [0, 0.1) is 0 Å². The number of carbonyl (C=O) groups excluding carboxylic acids is 1. The predicted molar refractivity (Wildman–Crippen MR) is 99.2 cm³/mol. The van der Waals surface area contributed by atoms with Gasteiger partial charge >= 0.3 is 0 Å². The highest BCUT2D eigenvalue weighted by Gasteiger charge is 2.33. The molecule has 1 saturated heterocycles. The number of rotatable bonds is 5. The lowest BCUT2D eigenvalue weighted by Crippen LogP contribution is -2.37. The summed E-state index contributed by atoms with van der Waals surface area (Å²) in [6.07, 6.45) is 2.64. The van der Waals surface area contributed by atoms with Crippen molar-refractivity contribution in [2.75, 3.05) is 25.7 Å². The van der Waals surface area contributed by atoms with Crippen molar-refractivity contribution in [3.05, 3.63) is 59.4 Å². The van der Waals surface area contributed by atoms with Crippen LogP contribution in [0.2, 0.25) is 0 Å². The van der Waals surface area contributed by atoms with Crippen LogP contribution in [0.5, 0.6) is 5.75 Å². The third kappa shape index (κ3) is 4.04. The summed E-state index contributed by atoms with van der Waals surface area (Å²) < 4.78 is 28.6. The minimum Gasteiger partial charge on any atom is -0.496 e. The van der Waals surface area contributed by atoms with Crippen LogP contribution >= 0.6 is 0 Å². The fraction of sp³-hybridized carbons (Fsp3) is 0.368. The second kappa shape index (κ2) is 7.45. The molecule has 0 radical (unpaired) electrons. The number of amides is 1. The van der Waals surface area contributed by atoms with Gasteiger partial charge in [0, 0.05) is 37.0 Å². The van der Waals surface area contributed by atoms with Crippen molar-refractivity contribution in [1.82, 2.24) is 9.88 Å². The topological polar surface area (TPSA) is 76.6 Å². The van der Waals surface area contributed by atoms with E-state index in [-0.39, 0.29) is 23.5 Å². The van der Waals surface area contributed by atoms with Gasteiger partial charge in [0.25, 0.3) is 5.91 Å². The quantitative estimate of drug-likeness (QED) is 0.799. The summed E-state index contributed by atoms with van der Waals surface area (Å²) in [4.78, 5) is 18.5. The van der Waals surface area contributed by atoms with E-state index in [0.29, 0.717) is 18.4 Å². The van der Waals surface area contributed by atoms with Crippen molar-refractivity contribution in [2.45, 2.75) is 18.9 Å². The molecule has 1 aromatic carbocycles. The van der Waals surface area contributed by atoms with Gasteiger partial charge in [0.2, 0.25) is 0 Å². The molecule has 0 aliphatic carbocycles. The molecule has 26 heavy (non-hydrogen) atoms. The van der Waals surface area contributed by atoms with Crippen molar-refractivity contribution in [3.63, 3.8) is 0 Å². The Morgan fingerprint density at radius 2 is 2.04 bits per heavy atom. The first-order chi connectivity index (χ1) is 12.4. The number of nitrogens with zero attached hydrogens (tertiary/aromatic N) is 2. The van der Waals surface area contributed by atoms with Crippen molar-refractivity contribution >= 4 is 15.7 Å². The molecule has 2 aromatic rings. The Balaban J connectivity index is 1.70. The van der Waals surface area contributed by atoms with Gasteiger partial charge in [0.1, 0.15) is 5.75 Å². The van der Waals surface area contributed by atoms with Gasteiger partial charge in [-0.2, -0.15) is 0 Å². The number of pyridine rings is 1. The fourth-order valence-electron chi connectivity index (χ4n) is 3.15. The lowest BCUT2D eigenvalue weighted by molar-refractivity contribution is 0.0747. The zero-order chi connectivity index (χ0) is 18.7. The highest BCUT2D eigenvalue weighted by Crippen LogP contribution is 2.21. The highest BCUT2D eigenvalue weighted by atomic mass is 32.2. The minimum absolute atomic E-state index is 0.0363. The van der Waals surface area contributed by atoms with Gasteiger partial charge in [-0.05, 0) is 24.6 Å². The molecule has 1 unspecified atom stereocenters. The summed E-state index contributed by atoms with van der Waals surface area (Å²) >= 11 is 0. The monoisotopic (exact) mass is 374 g/mol. The molecule has 1 amide bonds. The molecule has 0 bridgehead atoms. The lowest BCUT2D eigenvalue weighted by Gasteiger charge is -2.23. The van der Waals surface area contributed by atoms with Crippen LogP contribution in [-0.2, 0) is 16.3 Å². The average molecular weight is 374 g/mol. The van der Waals surface area contributed by atoms with Crippen molar-refractivity contribution in [3.8, 4) is 5.75 Å². The van der Waals surface area contributed by atoms with Crippen LogP contribution in [0.4, 0.5) is 0 Å². The van der Waals surface area contributed by atoms with E-state index >= 15 is 0 Å². The predicted octanol–water partition coefficient (Wildman–Crippen LogP) is 1.94. The summed E-state index contributed by atoms with van der Waals surface area (Å²) in [7, 11) is 0.256. The summed E-state index contributed by atoms with van der Waals surface area (Å²) in [5, 5.41) is 0. The van der Waals surface area contributed by atoms with Crippen LogP contribution in [-0.4, -0.2) is 55.9 Å². The zero-order valence-electron chi connectivity index (χ0n) is 14.9. The number of para-hydroxylation sites is 1. The van der Waals surface area contributed by atoms with Crippen molar-refractivity contribution in [2.24, 2.45) is 0 Å². The third-order valence-electron chi connectivity index (χ3n) is 4.71. The second-order valence-corrected chi connectivity index (χ2v) is 8.73. The molecule has 138 valence electrons. The molecular weight excluding hydrogens is 352 g/mol. The fourth-order valence-corrected chi connectivity index (χ4v) is 4.92. The first-order valence-corrected chi connectivity index (χ1v) is 10.3. The average Bonchev–Trinajstić information content (AvgIpc) is 3.01. The van der Waals surface area contributed by atoms with Crippen LogP contribution in [0.3, 0.4) is 0 Å². The number of sulfone groups is 1. The second-order valence-electron chi connectivity index (χ2n) is 6.50. The normalized spacial score (nSPS) is 18.5. The Morgan fingerprint density at radius 3 is 2.65 bits per heavy atom. The standard InChI is InChI=1S/C19H22N2O4S/c1-21(17-9-10-26(23,24)13-17)19(22)15-7-8-16(20-12-15)11-14-5-3-4-6-18(14)25-2/h3-8,12,17H,9-11,13H2,1-2H3. The summed E-state index contributed by atoms with van der Waals surface area (Å²) in [6.45, 7) is 0. The molecule has 1 aliphatic rings. The molecular formula is C19H22N2O4S. The van der Waals surface area contributed by atoms with Gasteiger partial charge in [0.05, 0.1) is 24.2 Å². The molecule has 1 atom stereocenters. The van der Waals surface area contributed by atoms with E-state index in [4.69, 9.17) is 4.74 Å². The van der Waals surface area contributed by atoms with Crippen LogP contribution in [0.1, 0.15) is 28.0 Å². The van der Waals surface area contributed by atoms with E-state index in [1.54, 1.807) is 26.4 Å². The molecule has 1 aliphatic heterocycles. The number of hydrogen-bond acceptors (Lipinski definition) is 5. The van der Waals surface area contributed by atoms with Crippen molar-refractivity contribution < 1.29 is 17.9 Å². The third-order valence-corrected chi connectivity index (χ3v) is 6.46. The van der Waals surface area contributed by atoms with E-state index < -0.39 is 9.84 Å². The van der Waals surface area contributed by atoms with E-state index in [1.807, 2.05) is 30.3 Å². The van der Waals surface area contributed by atoms with Crippen LogP contribution in [0.25, 0.3) is 0 Å². The van der Waals surface area contributed by atoms with Gasteiger partial charge in [0.15, 0.2) is 9.84 Å². The maximum Gasteiger partial charge on any atom is 0.255 e. The lowest BCUT2D eigenvalue weighted by atomic mass is 10.1. The maximum absolute atomic E-state index is 12.6. The van der Waals surface area contributed by atoms with E-state index in [0.717, 1.165) is 17.0 Å². The molecule has 6 nitrogen and oxygen atoms in total. The van der Waals surface area contributed by atoms with E-state index in [9.17, 15) is 13.2 Å². The van der Waals surface area contributed by atoms with Crippen molar-refractivity contribution in [1.29, 1.82) is 0 Å². The Bertz CT molecular complexity index is 894. The van der Waals surface area contributed by atoms with Gasteiger partial charge in [-0.1, -0.05) is 18.2 Å². The number of ether oxygens (including phenoxy) is 1. The number of hydrogen-bond donors (Lipinski definition) is 0. The molecule has 1 fully saturated rings. The first kappa shape index (κ1) is 18.4. The first-order valence-electron chi connectivity index (χ1n) is 8.44.